The van der Waals surface area contributed by atoms with Gasteiger partial charge in [0.05, 0.1) is 6.54 Å². The van der Waals surface area contributed by atoms with E-state index in [2.05, 4.69) is 16.8 Å². The van der Waals surface area contributed by atoms with Gasteiger partial charge in [0, 0.05) is 12.1 Å². The molecule has 1 heterocycles. The van der Waals surface area contributed by atoms with E-state index in [1.54, 1.807) is 11.3 Å². The van der Waals surface area contributed by atoms with E-state index in [-0.39, 0.29) is 18.3 Å². The number of carbonyl (C=O) groups excluding carboxylic acids is 1. The number of nitrogens with one attached hydrogen (secondary N) is 1. The van der Waals surface area contributed by atoms with Crippen molar-refractivity contribution in [2.75, 3.05) is 18.5 Å². The molecule has 0 saturated carbocycles. The maximum atomic E-state index is 12.4. The molecule has 0 bridgehead atoms. The zero-order valence-corrected chi connectivity index (χ0v) is 13.8. The molecule has 1 aromatic heterocycles. The molecule has 114 valence electrons. The van der Waals surface area contributed by atoms with Gasteiger partial charge in [0.2, 0.25) is 5.91 Å². The number of carbonyl (C=O) groups is 1. The summed E-state index contributed by atoms with van der Waals surface area (Å²) in [7, 11) is 1.91. The van der Waals surface area contributed by atoms with Gasteiger partial charge in [-0.15, -0.1) is 12.4 Å². The van der Waals surface area contributed by atoms with Crippen LogP contribution in [0.25, 0.3) is 0 Å². The molecule has 2 aromatic rings. The fourth-order valence-corrected chi connectivity index (χ4v) is 2.71. The quantitative estimate of drug-likeness (QED) is 0.788. The Morgan fingerprint density at radius 2 is 2.00 bits per heavy atom. The first-order chi connectivity index (χ1) is 9.81. The van der Waals surface area contributed by atoms with Crippen LogP contribution in [0.1, 0.15) is 18.4 Å². The smallest absolute Gasteiger partial charge is 0.227 e. The lowest BCUT2D eigenvalue weighted by atomic mass is 10.2. The molecule has 0 saturated heterocycles. The zero-order valence-electron chi connectivity index (χ0n) is 12.1. The van der Waals surface area contributed by atoms with Crippen LogP contribution in [0.4, 0.5) is 5.69 Å². The SMILES string of the molecule is CNCCCC(=O)N(Cc1ccsc1)c1ccccc1.Cl. The first-order valence-corrected chi connectivity index (χ1v) is 7.76. The minimum Gasteiger partial charge on any atom is -0.320 e. The second-order valence-electron chi connectivity index (χ2n) is 4.65. The van der Waals surface area contributed by atoms with Crippen molar-refractivity contribution in [3.8, 4) is 0 Å². The van der Waals surface area contributed by atoms with Crippen LogP contribution in [0.3, 0.4) is 0 Å². The Balaban J connectivity index is 0.00000220. The molecule has 2 rings (SSSR count). The van der Waals surface area contributed by atoms with Crippen molar-refractivity contribution in [2.24, 2.45) is 0 Å². The van der Waals surface area contributed by atoms with Gasteiger partial charge in [0.15, 0.2) is 0 Å². The van der Waals surface area contributed by atoms with E-state index < -0.39 is 0 Å². The summed E-state index contributed by atoms with van der Waals surface area (Å²) in [4.78, 5) is 14.3. The first kappa shape index (κ1) is 17.7. The molecular weight excluding hydrogens is 304 g/mol. The van der Waals surface area contributed by atoms with Crippen LogP contribution in [0.5, 0.6) is 0 Å². The molecule has 0 spiro atoms. The van der Waals surface area contributed by atoms with Gasteiger partial charge < -0.3 is 10.2 Å². The fraction of sp³-hybridized carbons (Fsp3) is 0.312. The molecule has 21 heavy (non-hydrogen) atoms. The summed E-state index contributed by atoms with van der Waals surface area (Å²) in [6.07, 6.45) is 1.43. The Kier molecular flexibility index (Phi) is 8.05. The van der Waals surface area contributed by atoms with E-state index in [4.69, 9.17) is 0 Å². The molecule has 3 nitrogen and oxygen atoms in total. The maximum absolute atomic E-state index is 12.4. The van der Waals surface area contributed by atoms with Gasteiger partial charge in [0.25, 0.3) is 0 Å². The number of thiophene rings is 1. The average Bonchev–Trinajstić information content (AvgIpc) is 2.99. The van der Waals surface area contributed by atoms with E-state index in [9.17, 15) is 4.79 Å². The standard InChI is InChI=1S/C16H20N2OS.ClH/c1-17-10-5-8-16(19)18(12-14-9-11-20-13-14)15-6-3-2-4-7-15;/h2-4,6-7,9,11,13,17H,5,8,10,12H2,1H3;1H. The highest BCUT2D eigenvalue weighted by Crippen LogP contribution is 2.19. The van der Waals surface area contributed by atoms with Crippen molar-refractivity contribution >= 4 is 35.3 Å². The maximum Gasteiger partial charge on any atom is 0.227 e. The lowest BCUT2D eigenvalue weighted by Crippen LogP contribution is -2.30. The number of amides is 1. The lowest BCUT2D eigenvalue weighted by Gasteiger charge is -2.22. The van der Waals surface area contributed by atoms with E-state index in [0.717, 1.165) is 18.7 Å². The second-order valence-corrected chi connectivity index (χ2v) is 5.43. The van der Waals surface area contributed by atoms with Crippen LogP contribution in [0.15, 0.2) is 47.2 Å². The van der Waals surface area contributed by atoms with Gasteiger partial charge >= 0.3 is 0 Å². The summed E-state index contributed by atoms with van der Waals surface area (Å²) in [5.74, 6) is 0.178. The van der Waals surface area contributed by atoms with Gasteiger partial charge in [-0.05, 0) is 54.5 Å². The van der Waals surface area contributed by atoms with Gasteiger partial charge in [0.1, 0.15) is 0 Å². The van der Waals surface area contributed by atoms with Crippen molar-refractivity contribution in [3.05, 3.63) is 52.7 Å². The van der Waals surface area contributed by atoms with Crippen molar-refractivity contribution < 1.29 is 4.79 Å². The Hall–Kier alpha value is -1.36. The summed E-state index contributed by atoms with van der Waals surface area (Å²) in [5, 5.41) is 7.22. The highest BCUT2D eigenvalue weighted by Gasteiger charge is 2.15. The summed E-state index contributed by atoms with van der Waals surface area (Å²) >= 11 is 1.66. The van der Waals surface area contributed by atoms with E-state index in [0.29, 0.717) is 13.0 Å². The molecule has 0 unspecified atom stereocenters. The Morgan fingerprint density at radius 1 is 1.24 bits per heavy atom. The third kappa shape index (κ3) is 5.50. The number of nitrogens with zero attached hydrogens (tertiary/aromatic N) is 1. The van der Waals surface area contributed by atoms with Gasteiger partial charge in [-0.2, -0.15) is 11.3 Å². The average molecular weight is 325 g/mol. The normalized spacial score (nSPS) is 9.95. The van der Waals surface area contributed by atoms with E-state index >= 15 is 0 Å². The van der Waals surface area contributed by atoms with Gasteiger partial charge in [-0.3, -0.25) is 4.79 Å². The van der Waals surface area contributed by atoms with Crippen molar-refractivity contribution in [1.82, 2.24) is 5.32 Å². The molecule has 0 aliphatic rings. The number of hydrogen-bond donors (Lipinski definition) is 1. The molecule has 0 atom stereocenters. The van der Waals surface area contributed by atoms with Crippen LogP contribution in [-0.2, 0) is 11.3 Å². The van der Waals surface area contributed by atoms with Gasteiger partial charge in [-0.1, -0.05) is 18.2 Å². The molecule has 0 fully saturated rings. The minimum atomic E-state index is 0. The summed E-state index contributed by atoms with van der Waals surface area (Å²) in [6.45, 7) is 1.51. The highest BCUT2D eigenvalue weighted by molar-refractivity contribution is 7.07. The van der Waals surface area contributed by atoms with Crippen LogP contribution in [-0.4, -0.2) is 19.5 Å². The number of para-hydroxylation sites is 1. The Morgan fingerprint density at radius 3 is 2.62 bits per heavy atom. The number of hydrogen-bond acceptors (Lipinski definition) is 3. The first-order valence-electron chi connectivity index (χ1n) is 6.82. The summed E-state index contributed by atoms with van der Waals surface area (Å²) in [5.41, 5.74) is 2.15. The second kappa shape index (κ2) is 9.55. The molecule has 5 heteroatoms. The zero-order chi connectivity index (χ0) is 14.2. The Bertz CT molecular complexity index is 516. The number of benzene rings is 1. The molecule has 0 aliphatic heterocycles. The fourth-order valence-electron chi connectivity index (χ4n) is 2.05. The largest absolute Gasteiger partial charge is 0.320 e. The van der Waals surface area contributed by atoms with E-state index in [1.807, 2.05) is 47.7 Å². The number of anilines is 1. The molecule has 0 radical (unpaired) electrons. The molecule has 1 N–H and O–H groups in total. The van der Waals surface area contributed by atoms with Crippen LogP contribution in [0, 0.1) is 0 Å². The molecule has 1 amide bonds. The third-order valence-corrected chi connectivity index (χ3v) is 3.84. The molecule has 0 aliphatic carbocycles. The van der Waals surface area contributed by atoms with Crippen LogP contribution in [0.2, 0.25) is 0 Å². The van der Waals surface area contributed by atoms with Crippen molar-refractivity contribution in [2.45, 2.75) is 19.4 Å². The predicted octanol–water partition coefficient (Wildman–Crippen LogP) is 3.70. The lowest BCUT2D eigenvalue weighted by molar-refractivity contribution is -0.118. The summed E-state index contributed by atoms with van der Waals surface area (Å²) < 4.78 is 0. The van der Waals surface area contributed by atoms with Crippen molar-refractivity contribution in [1.29, 1.82) is 0 Å². The van der Waals surface area contributed by atoms with Crippen LogP contribution >= 0.6 is 23.7 Å². The number of halogens is 1. The van der Waals surface area contributed by atoms with Gasteiger partial charge in [-0.25, -0.2) is 0 Å². The molecule has 1 aromatic carbocycles. The third-order valence-electron chi connectivity index (χ3n) is 3.11. The Labute approximate surface area is 136 Å². The van der Waals surface area contributed by atoms with E-state index in [1.165, 1.54) is 5.56 Å². The molecular formula is C16H21ClN2OS. The van der Waals surface area contributed by atoms with Crippen molar-refractivity contribution in [3.63, 3.8) is 0 Å². The predicted molar refractivity (Wildman–Crippen MR) is 92.4 cm³/mol. The highest BCUT2D eigenvalue weighted by atomic mass is 35.5. The van der Waals surface area contributed by atoms with Crippen LogP contribution < -0.4 is 10.2 Å². The topological polar surface area (TPSA) is 32.3 Å². The minimum absolute atomic E-state index is 0. The summed E-state index contributed by atoms with van der Waals surface area (Å²) in [6, 6.07) is 12.0. The number of rotatable bonds is 7. The monoisotopic (exact) mass is 324 g/mol.